The van der Waals surface area contributed by atoms with Crippen molar-refractivity contribution < 1.29 is 11.9 Å². The number of anilines is 2. The van der Waals surface area contributed by atoms with Crippen molar-refractivity contribution in [2.45, 2.75) is 0 Å². The Kier molecular flexibility index (Phi) is 3.05. The second kappa shape index (κ2) is 4.75. The van der Waals surface area contributed by atoms with Crippen molar-refractivity contribution >= 4 is 41.2 Å². The molecule has 20 heavy (non-hydrogen) atoms. The van der Waals surface area contributed by atoms with E-state index in [0.29, 0.717) is 22.7 Å². The monoisotopic (exact) mass is 335 g/mol. The molecule has 0 saturated carbocycles. The summed E-state index contributed by atoms with van der Waals surface area (Å²) in [6, 6.07) is 6.24. The zero-order valence-electron chi connectivity index (χ0n) is 10.1. The van der Waals surface area contributed by atoms with Gasteiger partial charge in [0.25, 0.3) is 0 Å². The summed E-state index contributed by atoms with van der Waals surface area (Å²) in [5, 5.41) is 2.91. The van der Waals surface area contributed by atoms with E-state index >= 15 is 0 Å². The number of hydrogen-bond donors (Lipinski definition) is 4. The molecule has 3 rings (SSSR count). The van der Waals surface area contributed by atoms with Crippen LogP contribution < -0.4 is 9.67 Å². The summed E-state index contributed by atoms with van der Waals surface area (Å²) in [7, 11) is 0. The third-order valence-corrected chi connectivity index (χ3v) is 4.83. The standard InChI is InChI=1S/C11H10AsN5O3/c18-12(19,20)7-3-1-2-4-8(7)17-11-9-10(14-5-13-9)15-6-16-11/h1-6H,(H2,18,19,20)(H2,13,14,15,16,17). The minimum absolute atomic E-state index is 0.0306. The molecule has 9 heteroatoms. The van der Waals surface area contributed by atoms with E-state index in [1.54, 1.807) is 18.2 Å². The quantitative estimate of drug-likeness (QED) is 0.483. The minimum atomic E-state index is -5.01. The van der Waals surface area contributed by atoms with Crippen LogP contribution in [0.1, 0.15) is 0 Å². The molecule has 0 spiro atoms. The van der Waals surface area contributed by atoms with Gasteiger partial charge in [-0.1, -0.05) is 0 Å². The Morgan fingerprint density at radius 2 is 1.95 bits per heavy atom. The topological polar surface area (TPSA) is 124 Å². The molecule has 0 amide bonds. The van der Waals surface area contributed by atoms with Gasteiger partial charge < -0.3 is 0 Å². The van der Waals surface area contributed by atoms with Crippen LogP contribution in [0.3, 0.4) is 0 Å². The number of nitrogens with zero attached hydrogens (tertiary/aromatic N) is 3. The first-order valence-electron chi connectivity index (χ1n) is 5.62. The molecule has 0 fully saturated rings. The summed E-state index contributed by atoms with van der Waals surface area (Å²) in [4.78, 5) is 14.9. The number of imidazole rings is 1. The van der Waals surface area contributed by atoms with E-state index in [9.17, 15) is 11.9 Å². The molecule has 0 saturated heterocycles. The first kappa shape index (κ1) is 12.9. The number of fused-ring (bicyclic) bond motifs is 1. The fraction of sp³-hybridized carbons (Fsp3) is 0. The van der Waals surface area contributed by atoms with Gasteiger partial charge in [0.05, 0.1) is 0 Å². The zero-order chi connectivity index (χ0) is 14.2. The number of aromatic nitrogens is 4. The third-order valence-electron chi connectivity index (χ3n) is 2.69. The third kappa shape index (κ3) is 2.32. The van der Waals surface area contributed by atoms with Crippen LogP contribution in [0.4, 0.5) is 11.5 Å². The van der Waals surface area contributed by atoms with Crippen LogP contribution in [0.2, 0.25) is 0 Å². The summed E-state index contributed by atoms with van der Waals surface area (Å²) < 4.78 is 30.3. The predicted molar refractivity (Wildman–Crippen MR) is 71.9 cm³/mol. The Morgan fingerprint density at radius 3 is 2.75 bits per heavy atom. The molecule has 2 heterocycles. The van der Waals surface area contributed by atoms with Crippen molar-refractivity contribution in [2.24, 2.45) is 0 Å². The van der Waals surface area contributed by atoms with Crippen LogP contribution in [-0.2, 0) is 3.74 Å². The Balaban J connectivity index is 2.08. The molecule has 0 unspecified atom stereocenters. The van der Waals surface area contributed by atoms with Crippen molar-refractivity contribution in [3.8, 4) is 0 Å². The van der Waals surface area contributed by atoms with Gasteiger partial charge in [-0.15, -0.1) is 0 Å². The maximum atomic E-state index is 11.5. The van der Waals surface area contributed by atoms with E-state index in [4.69, 9.17) is 0 Å². The van der Waals surface area contributed by atoms with E-state index in [0.717, 1.165) is 0 Å². The van der Waals surface area contributed by atoms with Crippen LogP contribution >= 0.6 is 0 Å². The molecule has 102 valence electrons. The van der Waals surface area contributed by atoms with Crippen LogP contribution in [0.15, 0.2) is 36.9 Å². The van der Waals surface area contributed by atoms with Crippen LogP contribution in [-0.4, -0.2) is 42.3 Å². The van der Waals surface area contributed by atoms with Crippen LogP contribution in [0, 0.1) is 0 Å². The average Bonchev–Trinajstić information content (AvgIpc) is 2.87. The molecule has 0 aliphatic heterocycles. The van der Waals surface area contributed by atoms with E-state index in [1.807, 2.05) is 0 Å². The van der Waals surface area contributed by atoms with Crippen molar-refractivity contribution in [1.29, 1.82) is 0 Å². The van der Waals surface area contributed by atoms with Crippen molar-refractivity contribution in [3.05, 3.63) is 36.9 Å². The predicted octanol–water partition coefficient (Wildman–Crippen LogP) is -0.343. The molecular formula is C11H10AsN5O3. The number of aromatic amines is 1. The number of para-hydroxylation sites is 1. The Morgan fingerprint density at radius 1 is 1.15 bits per heavy atom. The number of rotatable bonds is 3. The first-order chi connectivity index (χ1) is 9.55. The first-order valence-corrected chi connectivity index (χ1v) is 9.00. The van der Waals surface area contributed by atoms with Crippen molar-refractivity contribution in [1.82, 2.24) is 19.9 Å². The van der Waals surface area contributed by atoms with Gasteiger partial charge in [-0.05, 0) is 0 Å². The van der Waals surface area contributed by atoms with Crippen molar-refractivity contribution in [2.75, 3.05) is 5.32 Å². The van der Waals surface area contributed by atoms with Gasteiger partial charge >= 0.3 is 115 Å². The molecule has 0 atom stereocenters. The molecule has 8 nitrogen and oxygen atoms in total. The van der Waals surface area contributed by atoms with Crippen LogP contribution in [0.25, 0.3) is 11.2 Å². The van der Waals surface area contributed by atoms with Gasteiger partial charge in [0.15, 0.2) is 0 Å². The van der Waals surface area contributed by atoms with Gasteiger partial charge in [0, 0.05) is 0 Å². The van der Waals surface area contributed by atoms with E-state index in [-0.39, 0.29) is 4.35 Å². The zero-order valence-corrected chi connectivity index (χ0v) is 11.9. The Bertz CT molecular complexity index is 812. The SMILES string of the molecule is O=[As](O)(O)c1ccccc1Nc1ncnc2nc[nH]c12. The summed E-state index contributed by atoms with van der Waals surface area (Å²) in [5.41, 5.74) is 1.36. The summed E-state index contributed by atoms with van der Waals surface area (Å²) >= 11 is -5.01. The number of H-pyrrole nitrogens is 1. The van der Waals surface area contributed by atoms with Crippen molar-refractivity contribution in [3.63, 3.8) is 0 Å². The van der Waals surface area contributed by atoms with Gasteiger partial charge in [0.1, 0.15) is 0 Å². The van der Waals surface area contributed by atoms with Gasteiger partial charge in [-0.3, -0.25) is 0 Å². The molecule has 3 aromatic rings. The number of hydrogen-bond acceptors (Lipinski definition) is 5. The fourth-order valence-corrected chi connectivity index (χ4v) is 3.34. The molecule has 0 bridgehead atoms. The Labute approximate surface area is 115 Å². The summed E-state index contributed by atoms with van der Waals surface area (Å²) in [6.45, 7) is 0. The summed E-state index contributed by atoms with van der Waals surface area (Å²) in [6.07, 6.45) is 2.81. The maximum absolute atomic E-state index is 11.5. The van der Waals surface area contributed by atoms with Gasteiger partial charge in [-0.25, -0.2) is 0 Å². The molecule has 2 aromatic heterocycles. The van der Waals surface area contributed by atoms with E-state index in [1.165, 1.54) is 18.7 Å². The van der Waals surface area contributed by atoms with E-state index in [2.05, 4.69) is 25.3 Å². The average molecular weight is 335 g/mol. The summed E-state index contributed by atoms with van der Waals surface area (Å²) in [5.74, 6) is 0.406. The molecule has 0 radical (unpaired) electrons. The fourth-order valence-electron chi connectivity index (χ4n) is 1.82. The second-order valence-electron chi connectivity index (χ2n) is 4.01. The number of nitrogens with one attached hydrogen (secondary N) is 2. The Hall–Kier alpha value is -2.15. The molecule has 1 aromatic carbocycles. The molecule has 0 aliphatic carbocycles. The molecular weight excluding hydrogens is 325 g/mol. The molecule has 4 N–H and O–H groups in total. The van der Waals surface area contributed by atoms with Gasteiger partial charge in [0.2, 0.25) is 0 Å². The van der Waals surface area contributed by atoms with E-state index < -0.39 is 14.2 Å². The van der Waals surface area contributed by atoms with Gasteiger partial charge in [-0.2, -0.15) is 0 Å². The number of benzene rings is 1. The second-order valence-corrected chi connectivity index (χ2v) is 7.30. The van der Waals surface area contributed by atoms with Crippen LogP contribution in [0.5, 0.6) is 0 Å². The molecule has 0 aliphatic rings. The normalized spacial score (nSPS) is 11.7.